The molecule has 140 valence electrons. The van der Waals surface area contributed by atoms with E-state index >= 15 is 0 Å². The van der Waals surface area contributed by atoms with E-state index in [-0.39, 0.29) is 0 Å². The average Bonchev–Trinajstić information content (AvgIpc) is 2.95. The predicted octanol–water partition coefficient (Wildman–Crippen LogP) is 3.63. The number of fused-ring (bicyclic) bond motifs is 1. The van der Waals surface area contributed by atoms with E-state index in [9.17, 15) is 9.59 Å². The number of aryl methyl sites for hydroxylation is 1. The van der Waals surface area contributed by atoms with Crippen LogP contribution in [0.15, 0.2) is 69.3 Å². The van der Waals surface area contributed by atoms with E-state index in [1.54, 1.807) is 24.3 Å². The molecule has 0 radical (unpaired) electrons. The number of rotatable bonds is 3. The minimum Gasteiger partial charge on any atom is -0.318 e. The second kappa shape index (κ2) is 6.98. The van der Waals surface area contributed by atoms with Gasteiger partial charge in [0.1, 0.15) is 0 Å². The van der Waals surface area contributed by atoms with Gasteiger partial charge in [-0.15, -0.1) is 4.68 Å². The van der Waals surface area contributed by atoms with Crippen LogP contribution in [0.3, 0.4) is 0 Å². The summed E-state index contributed by atoms with van der Waals surface area (Å²) in [4.78, 5) is 27.5. The van der Waals surface area contributed by atoms with Crippen LogP contribution in [-0.2, 0) is 0 Å². The quantitative estimate of drug-likeness (QED) is 0.541. The van der Waals surface area contributed by atoms with E-state index in [1.165, 1.54) is 6.21 Å². The van der Waals surface area contributed by atoms with Crippen LogP contribution >= 0.6 is 11.6 Å². The largest absolute Gasteiger partial charge is 0.349 e. The highest BCUT2D eigenvalue weighted by Crippen LogP contribution is 2.22. The summed E-state index contributed by atoms with van der Waals surface area (Å²) in [5.74, 6) is 0. The summed E-state index contributed by atoms with van der Waals surface area (Å²) in [6, 6.07) is 16.3. The van der Waals surface area contributed by atoms with Crippen LogP contribution in [-0.4, -0.2) is 20.4 Å². The first-order valence-corrected chi connectivity index (χ1v) is 9.07. The summed E-state index contributed by atoms with van der Waals surface area (Å²) >= 11 is 6.11. The highest BCUT2D eigenvalue weighted by Gasteiger charge is 2.11. The molecule has 0 bridgehead atoms. The Hall–Kier alpha value is -3.38. The van der Waals surface area contributed by atoms with Gasteiger partial charge in [-0.3, -0.25) is 4.79 Å². The van der Waals surface area contributed by atoms with Crippen molar-refractivity contribution in [2.75, 3.05) is 0 Å². The van der Waals surface area contributed by atoms with Crippen molar-refractivity contribution < 1.29 is 0 Å². The van der Waals surface area contributed by atoms with E-state index in [1.807, 2.05) is 48.7 Å². The Morgan fingerprint density at radius 2 is 1.82 bits per heavy atom. The van der Waals surface area contributed by atoms with Gasteiger partial charge in [-0.2, -0.15) is 5.10 Å². The molecule has 2 aromatic carbocycles. The normalized spacial score (nSPS) is 11.5. The standard InChI is InChI=1S/C21H17ClN4O2/c1-13-10-15(14(2)25(13)17-7-5-6-16(22)11-17)12-23-26-20(27)18-8-3-4-9-19(18)24-21(26)28/h3-12H,1-2H3,(H,24,28). The van der Waals surface area contributed by atoms with Crippen molar-refractivity contribution in [1.29, 1.82) is 0 Å². The first kappa shape index (κ1) is 18.0. The molecule has 6 nitrogen and oxygen atoms in total. The van der Waals surface area contributed by atoms with E-state index in [4.69, 9.17) is 11.6 Å². The molecule has 2 heterocycles. The molecule has 2 aromatic heterocycles. The van der Waals surface area contributed by atoms with Crippen molar-refractivity contribution in [2.45, 2.75) is 13.8 Å². The zero-order valence-electron chi connectivity index (χ0n) is 15.3. The van der Waals surface area contributed by atoms with Gasteiger partial charge in [-0.1, -0.05) is 29.8 Å². The summed E-state index contributed by atoms with van der Waals surface area (Å²) in [6.45, 7) is 3.92. The van der Waals surface area contributed by atoms with E-state index < -0.39 is 11.2 Å². The number of H-pyrrole nitrogens is 1. The molecule has 0 amide bonds. The summed E-state index contributed by atoms with van der Waals surface area (Å²) < 4.78 is 2.88. The number of benzene rings is 2. The number of para-hydroxylation sites is 1. The number of hydrogen-bond acceptors (Lipinski definition) is 3. The molecule has 7 heteroatoms. The lowest BCUT2D eigenvalue weighted by molar-refractivity contribution is 0.771. The molecule has 1 N–H and O–H groups in total. The molecule has 4 aromatic rings. The van der Waals surface area contributed by atoms with Crippen LogP contribution in [0.5, 0.6) is 0 Å². The van der Waals surface area contributed by atoms with E-state index in [0.29, 0.717) is 15.9 Å². The Balaban J connectivity index is 1.80. The second-order valence-electron chi connectivity index (χ2n) is 6.48. The predicted molar refractivity (Wildman–Crippen MR) is 112 cm³/mol. The molecule has 0 unspecified atom stereocenters. The first-order valence-electron chi connectivity index (χ1n) is 8.69. The number of nitrogens with zero attached hydrogens (tertiary/aromatic N) is 3. The molecule has 0 saturated heterocycles. The van der Waals surface area contributed by atoms with Gasteiger partial charge in [0.15, 0.2) is 0 Å². The molecule has 28 heavy (non-hydrogen) atoms. The van der Waals surface area contributed by atoms with Crippen LogP contribution in [0.1, 0.15) is 17.0 Å². The summed E-state index contributed by atoms with van der Waals surface area (Å²) in [5.41, 5.74) is 3.10. The van der Waals surface area contributed by atoms with Crippen molar-refractivity contribution in [2.24, 2.45) is 5.10 Å². The number of hydrogen-bond donors (Lipinski definition) is 1. The van der Waals surface area contributed by atoms with Gasteiger partial charge in [0.2, 0.25) is 0 Å². The SMILES string of the molecule is Cc1cc(C=Nn2c(=O)[nH]c3ccccc3c2=O)c(C)n1-c1cccc(Cl)c1. The third kappa shape index (κ3) is 3.08. The molecule has 0 aliphatic carbocycles. The van der Waals surface area contributed by atoms with Gasteiger partial charge in [0.25, 0.3) is 5.56 Å². The number of aromatic nitrogens is 3. The first-order chi connectivity index (χ1) is 13.5. The number of halogens is 1. The van der Waals surface area contributed by atoms with E-state index in [0.717, 1.165) is 27.3 Å². The molecule has 0 saturated carbocycles. The molecule has 4 rings (SSSR count). The second-order valence-corrected chi connectivity index (χ2v) is 6.92. The summed E-state index contributed by atoms with van der Waals surface area (Å²) in [6.07, 6.45) is 1.52. The fraction of sp³-hybridized carbons (Fsp3) is 0.0952. The van der Waals surface area contributed by atoms with Gasteiger partial charge in [-0.25, -0.2) is 4.79 Å². The van der Waals surface area contributed by atoms with Crippen LogP contribution in [0.25, 0.3) is 16.6 Å². The van der Waals surface area contributed by atoms with Crippen molar-refractivity contribution in [3.63, 3.8) is 0 Å². The summed E-state index contributed by atoms with van der Waals surface area (Å²) in [7, 11) is 0. The van der Waals surface area contributed by atoms with Crippen LogP contribution in [0.4, 0.5) is 0 Å². The van der Waals surface area contributed by atoms with Crippen LogP contribution in [0, 0.1) is 13.8 Å². The van der Waals surface area contributed by atoms with Gasteiger partial charge >= 0.3 is 5.69 Å². The number of nitrogens with one attached hydrogen (secondary N) is 1. The summed E-state index contributed by atoms with van der Waals surface area (Å²) in [5, 5.41) is 5.20. The fourth-order valence-corrected chi connectivity index (χ4v) is 3.49. The Bertz CT molecular complexity index is 1340. The monoisotopic (exact) mass is 392 g/mol. The third-order valence-electron chi connectivity index (χ3n) is 4.63. The maximum Gasteiger partial charge on any atom is 0.349 e. The average molecular weight is 393 g/mol. The van der Waals surface area contributed by atoms with Gasteiger partial charge in [-0.05, 0) is 50.2 Å². The molecular weight excluding hydrogens is 376 g/mol. The lowest BCUT2D eigenvalue weighted by Gasteiger charge is -2.09. The van der Waals surface area contributed by atoms with Gasteiger partial charge in [0, 0.05) is 27.7 Å². The zero-order valence-corrected chi connectivity index (χ0v) is 16.1. The highest BCUT2D eigenvalue weighted by atomic mass is 35.5. The van der Waals surface area contributed by atoms with Crippen LogP contribution in [0.2, 0.25) is 5.02 Å². The molecule has 0 aliphatic heterocycles. The van der Waals surface area contributed by atoms with E-state index in [2.05, 4.69) is 10.1 Å². The van der Waals surface area contributed by atoms with Crippen molar-refractivity contribution in [3.8, 4) is 5.69 Å². The minimum absolute atomic E-state index is 0.406. The van der Waals surface area contributed by atoms with Gasteiger partial charge < -0.3 is 9.55 Å². The topological polar surface area (TPSA) is 72.2 Å². The highest BCUT2D eigenvalue weighted by molar-refractivity contribution is 6.30. The molecule has 0 atom stereocenters. The zero-order chi connectivity index (χ0) is 19.8. The minimum atomic E-state index is -0.580. The third-order valence-corrected chi connectivity index (χ3v) is 4.87. The lowest BCUT2D eigenvalue weighted by Crippen LogP contribution is -2.32. The Morgan fingerprint density at radius 1 is 1.04 bits per heavy atom. The lowest BCUT2D eigenvalue weighted by atomic mass is 10.2. The molecule has 0 spiro atoms. The maximum atomic E-state index is 12.6. The number of aromatic amines is 1. The smallest absolute Gasteiger partial charge is 0.318 e. The van der Waals surface area contributed by atoms with Crippen molar-refractivity contribution in [1.82, 2.24) is 14.2 Å². The molecule has 0 aliphatic rings. The molecular formula is C21H17ClN4O2. The Labute approximate surface area is 165 Å². The van der Waals surface area contributed by atoms with Gasteiger partial charge in [0.05, 0.1) is 17.1 Å². The van der Waals surface area contributed by atoms with Crippen molar-refractivity contribution in [3.05, 3.63) is 97.4 Å². The fourth-order valence-electron chi connectivity index (χ4n) is 3.31. The Kier molecular flexibility index (Phi) is 4.49. The Morgan fingerprint density at radius 3 is 2.61 bits per heavy atom. The molecule has 0 fully saturated rings. The maximum absolute atomic E-state index is 12.6. The van der Waals surface area contributed by atoms with Crippen molar-refractivity contribution >= 4 is 28.7 Å². The van der Waals surface area contributed by atoms with Crippen LogP contribution < -0.4 is 11.2 Å².